The summed E-state index contributed by atoms with van der Waals surface area (Å²) in [6, 6.07) is 6.32. The van der Waals surface area contributed by atoms with Gasteiger partial charge in [0.05, 0.1) is 11.7 Å². The van der Waals surface area contributed by atoms with Crippen molar-refractivity contribution < 1.29 is 9.18 Å². The number of thiazole rings is 1. The molecule has 2 amide bonds. The highest BCUT2D eigenvalue weighted by molar-refractivity contribution is 7.09. The first-order valence-electron chi connectivity index (χ1n) is 7.47. The second-order valence-corrected chi connectivity index (χ2v) is 6.14. The normalized spacial score (nSPS) is 11.8. The first kappa shape index (κ1) is 17.2. The van der Waals surface area contributed by atoms with Crippen molar-refractivity contribution in [2.75, 3.05) is 25.0 Å². The van der Waals surface area contributed by atoms with Crippen LogP contribution in [0.1, 0.15) is 24.4 Å². The smallest absolute Gasteiger partial charge is 0.315 e. The van der Waals surface area contributed by atoms with E-state index >= 15 is 0 Å². The highest BCUT2D eigenvalue weighted by Gasteiger charge is 2.11. The van der Waals surface area contributed by atoms with E-state index in [9.17, 15) is 9.18 Å². The molecule has 0 unspecified atom stereocenters. The van der Waals surface area contributed by atoms with Crippen LogP contribution in [0.3, 0.4) is 0 Å². The fourth-order valence-electron chi connectivity index (χ4n) is 2.16. The third kappa shape index (κ3) is 5.21. The van der Waals surface area contributed by atoms with Gasteiger partial charge >= 0.3 is 6.03 Å². The van der Waals surface area contributed by atoms with Gasteiger partial charge in [-0.05, 0) is 25.5 Å². The summed E-state index contributed by atoms with van der Waals surface area (Å²) in [6.45, 7) is 3.07. The molecular weight excluding hydrogens is 315 g/mol. The molecule has 1 aromatic heterocycles. The molecule has 2 rings (SSSR count). The fourth-order valence-corrected chi connectivity index (χ4v) is 2.80. The SMILES string of the molecule is C[C@@H](NC(=O)NCCCN(C)c1ccccc1F)c1nccs1. The number of anilines is 1. The third-order valence-electron chi connectivity index (χ3n) is 3.39. The molecule has 0 spiro atoms. The van der Waals surface area contributed by atoms with E-state index < -0.39 is 0 Å². The second kappa shape index (κ2) is 8.47. The van der Waals surface area contributed by atoms with Gasteiger partial charge in [-0.1, -0.05) is 12.1 Å². The van der Waals surface area contributed by atoms with Crippen LogP contribution in [0.15, 0.2) is 35.8 Å². The van der Waals surface area contributed by atoms with Crippen molar-refractivity contribution in [2.24, 2.45) is 0 Å². The van der Waals surface area contributed by atoms with E-state index in [-0.39, 0.29) is 17.9 Å². The Balaban J connectivity index is 1.67. The van der Waals surface area contributed by atoms with Crippen LogP contribution >= 0.6 is 11.3 Å². The number of carbonyl (C=O) groups is 1. The predicted octanol–water partition coefficient (Wildman–Crippen LogP) is 3.17. The third-order valence-corrected chi connectivity index (χ3v) is 4.35. The van der Waals surface area contributed by atoms with Crippen molar-refractivity contribution in [1.29, 1.82) is 0 Å². The molecule has 23 heavy (non-hydrogen) atoms. The number of hydrogen-bond acceptors (Lipinski definition) is 4. The van der Waals surface area contributed by atoms with E-state index in [0.717, 1.165) is 11.4 Å². The highest BCUT2D eigenvalue weighted by Crippen LogP contribution is 2.17. The van der Waals surface area contributed by atoms with Gasteiger partial charge in [0.1, 0.15) is 10.8 Å². The molecule has 1 aromatic carbocycles. The Bertz CT molecular complexity index is 620. The van der Waals surface area contributed by atoms with E-state index in [1.807, 2.05) is 24.3 Å². The van der Waals surface area contributed by atoms with E-state index in [4.69, 9.17) is 0 Å². The Labute approximate surface area is 139 Å². The summed E-state index contributed by atoms with van der Waals surface area (Å²) in [4.78, 5) is 17.8. The molecule has 7 heteroatoms. The molecular formula is C16H21FN4OS. The maximum Gasteiger partial charge on any atom is 0.315 e. The molecule has 2 N–H and O–H groups in total. The number of halogens is 1. The molecule has 0 saturated carbocycles. The molecule has 0 radical (unpaired) electrons. The fraction of sp³-hybridized carbons (Fsp3) is 0.375. The average Bonchev–Trinajstić information content (AvgIpc) is 3.06. The molecule has 1 heterocycles. The van der Waals surface area contributed by atoms with Gasteiger partial charge in [-0.2, -0.15) is 0 Å². The van der Waals surface area contributed by atoms with Crippen LogP contribution in [-0.2, 0) is 0 Å². The summed E-state index contributed by atoms with van der Waals surface area (Å²) in [6.07, 6.45) is 2.44. The minimum absolute atomic E-state index is 0.115. The number of urea groups is 1. The van der Waals surface area contributed by atoms with Crippen molar-refractivity contribution in [2.45, 2.75) is 19.4 Å². The van der Waals surface area contributed by atoms with Crippen LogP contribution in [0.25, 0.3) is 0 Å². The molecule has 5 nitrogen and oxygen atoms in total. The summed E-state index contributed by atoms with van der Waals surface area (Å²) in [5.74, 6) is -0.238. The standard InChI is InChI=1S/C16H21FN4OS/c1-12(15-18-9-11-23-15)20-16(22)19-8-5-10-21(2)14-7-4-3-6-13(14)17/h3-4,6-7,9,11-12H,5,8,10H2,1-2H3,(H2,19,20,22)/t12-/m1/s1. The first-order valence-corrected chi connectivity index (χ1v) is 8.35. The van der Waals surface area contributed by atoms with Crippen molar-refractivity contribution in [3.05, 3.63) is 46.7 Å². The maximum absolute atomic E-state index is 13.6. The molecule has 2 aromatic rings. The van der Waals surface area contributed by atoms with Crippen LogP contribution in [0.4, 0.5) is 14.9 Å². The molecule has 124 valence electrons. The van der Waals surface area contributed by atoms with E-state index in [2.05, 4.69) is 15.6 Å². The Morgan fingerprint density at radius 3 is 2.91 bits per heavy atom. The Morgan fingerprint density at radius 1 is 1.43 bits per heavy atom. The summed E-state index contributed by atoms with van der Waals surface area (Å²) in [5.41, 5.74) is 0.564. The molecule has 0 aliphatic carbocycles. The zero-order valence-electron chi connectivity index (χ0n) is 13.3. The lowest BCUT2D eigenvalue weighted by molar-refractivity contribution is 0.238. The maximum atomic E-state index is 13.6. The zero-order valence-corrected chi connectivity index (χ0v) is 14.1. The van der Waals surface area contributed by atoms with Gasteiger partial charge in [-0.25, -0.2) is 14.2 Å². The molecule has 0 bridgehead atoms. The highest BCUT2D eigenvalue weighted by atomic mass is 32.1. The van der Waals surface area contributed by atoms with Crippen LogP contribution in [0.2, 0.25) is 0 Å². The van der Waals surface area contributed by atoms with Crippen molar-refractivity contribution >= 4 is 23.1 Å². The van der Waals surface area contributed by atoms with Gasteiger partial charge in [0.2, 0.25) is 0 Å². The van der Waals surface area contributed by atoms with Gasteiger partial charge in [0.25, 0.3) is 0 Å². The van der Waals surface area contributed by atoms with Crippen LogP contribution in [0.5, 0.6) is 0 Å². The van der Waals surface area contributed by atoms with Gasteiger partial charge in [0, 0.05) is 31.7 Å². The number of aromatic nitrogens is 1. The van der Waals surface area contributed by atoms with Gasteiger partial charge in [-0.15, -0.1) is 11.3 Å². The summed E-state index contributed by atoms with van der Waals surface area (Å²) in [7, 11) is 1.84. The zero-order chi connectivity index (χ0) is 16.7. The number of benzene rings is 1. The number of nitrogens with zero attached hydrogens (tertiary/aromatic N) is 2. The van der Waals surface area contributed by atoms with Crippen molar-refractivity contribution in [1.82, 2.24) is 15.6 Å². The quantitative estimate of drug-likeness (QED) is 0.764. The Morgan fingerprint density at radius 2 is 2.22 bits per heavy atom. The number of para-hydroxylation sites is 1. The monoisotopic (exact) mass is 336 g/mol. The molecule has 0 aliphatic heterocycles. The lowest BCUT2D eigenvalue weighted by Gasteiger charge is -2.20. The number of amides is 2. The molecule has 0 fully saturated rings. The van der Waals surface area contributed by atoms with Crippen LogP contribution in [0, 0.1) is 5.82 Å². The second-order valence-electron chi connectivity index (χ2n) is 5.22. The van der Waals surface area contributed by atoms with E-state index in [1.54, 1.807) is 24.4 Å². The molecule has 1 atom stereocenters. The number of nitrogens with one attached hydrogen (secondary N) is 2. The van der Waals surface area contributed by atoms with Crippen molar-refractivity contribution in [3.63, 3.8) is 0 Å². The summed E-state index contributed by atoms with van der Waals surface area (Å²) >= 11 is 1.51. The predicted molar refractivity (Wildman–Crippen MR) is 91.4 cm³/mol. The van der Waals surface area contributed by atoms with E-state index in [0.29, 0.717) is 18.8 Å². The van der Waals surface area contributed by atoms with Gasteiger partial charge < -0.3 is 15.5 Å². The lowest BCUT2D eigenvalue weighted by atomic mass is 10.2. The van der Waals surface area contributed by atoms with Crippen LogP contribution in [-0.4, -0.2) is 31.2 Å². The summed E-state index contributed by atoms with van der Waals surface area (Å²) < 4.78 is 13.6. The molecule has 0 aliphatic rings. The average molecular weight is 336 g/mol. The topological polar surface area (TPSA) is 57.3 Å². The number of carbonyl (C=O) groups excluding carboxylic acids is 1. The summed E-state index contributed by atoms with van der Waals surface area (Å²) in [5, 5.41) is 8.39. The Kier molecular flexibility index (Phi) is 6.34. The number of hydrogen-bond donors (Lipinski definition) is 2. The number of rotatable bonds is 7. The van der Waals surface area contributed by atoms with Crippen LogP contribution < -0.4 is 15.5 Å². The van der Waals surface area contributed by atoms with E-state index in [1.165, 1.54) is 17.4 Å². The first-order chi connectivity index (χ1) is 11.1. The minimum atomic E-state index is -0.238. The largest absolute Gasteiger partial charge is 0.372 e. The van der Waals surface area contributed by atoms with Gasteiger partial charge in [0.15, 0.2) is 0 Å². The van der Waals surface area contributed by atoms with Gasteiger partial charge in [-0.3, -0.25) is 0 Å². The molecule has 0 saturated heterocycles. The van der Waals surface area contributed by atoms with Crippen molar-refractivity contribution in [3.8, 4) is 0 Å². The Hall–Kier alpha value is -2.15. The lowest BCUT2D eigenvalue weighted by Crippen LogP contribution is -2.38. The minimum Gasteiger partial charge on any atom is -0.372 e.